The molecule has 1 saturated carbocycles. The van der Waals surface area contributed by atoms with Crippen LogP contribution in [0.2, 0.25) is 4.34 Å². The van der Waals surface area contributed by atoms with Gasteiger partial charge in [0.1, 0.15) is 5.52 Å². The fourth-order valence-electron chi connectivity index (χ4n) is 5.24. The molecule has 7 nitrogen and oxygen atoms in total. The van der Waals surface area contributed by atoms with Gasteiger partial charge < -0.3 is 10.3 Å². The molecule has 1 fully saturated rings. The average Bonchev–Trinajstić information content (AvgIpc) is 3.74. The second-order valence-electron chi connectivity index (χ2n) is 9.65. The zero-order valence-corrected chi connectivity index (χ0v) is 22.0. The summed E-state index contributed by atoms with van der Waals surface area (Å²) >= 11 is 7.73. The van der Waals surface area contributed by atoms with Crippen LogP contribution < -0.4 is 5.32 Å². The third kappa shape index (κ3) is 4.15. The van der Waals surface area contributed by atoms with Crippen LogP contribution in [0.15, 0.2) is 73.2 Å². The Kier molecular flexibility index (Phi) is 5.71. The highest BCUT2D eigenvalue weighted by Gasteiger charge is 2.19. The third-order valence-corrected chi connectivity index (χ3v) is 8.43. The standard InChI is InChI=1S/C29H24ClN7S/c1-16(17-5-2-3-6-17)32-19-13-18(14-31-15-19)21-9-10-23-27(33-21)28(37-36-23)29-34-22-8-4-7-20(26(22)35-29)24-11-12-25(30)38-24/h4,7-15,17,32H,1-3,5-6H2,(H,34,35)(H,36,37). The number of hydrogen-bond acceptors (Lipinski definition) is 6. The van der Waals surface area contributed by atoms with Gasteiger partial charge in [-0.3, -0.25) is 10.1 Å². The maximum absolute atomic E-state index is 6.20. The van der Waals surface area contributed by atoms with Crippen LogP contribution in [0.1, 0.15) is 25.7 Å². The van der Waals surface area contributed by atoms with Crippen LogP contribution >= 0.6 is 22.9 Å². The summed E-state index contributed by atoms with van der Waals surface area (Å²) in [4.78, 5) is 18.9. The highest BCUT2D eigenvalue weighted by Crippen LogP contribution is 2.36. The van der Waals surface area contributed by atoms with Crippen molar-refractivity contribution in [3.8, 4) is 33.2 Å². The molecule has 9 heteroatoms. The molecule has 0 saturated heterocycles. The van der Waals surface area contributed by atoms with Crippen LogP contribution in [0.4, 0.5) is 5.69 Å². The third-order valence-electron chi connectivity index (χ3n) is 7.17. The van der Waals surface area contributed by atoms with Gasteiger partial charge >= 0.3 is 0 Å². The fraction of sp³-hybridized carbons (Fsp3) is 0.172. The fourth-order valence-corrected chi connectivity index (χ4v) is 6.31. The minimum absolute atomic E-state index is 0.530. The number of rotatable bonds is 6. The number of imidazole rings is 1. The number of nitrogens with one attached hydrogen (secondary N) is 3. The van der Waals surface area contributed by atoms with Crippen molar-refractivity contribution < 1.29 is 0 Å². The number of aromatic amines is 2. The molecular weight excluding hydrogens is 514 g/mol. The maximum atomic E-state index is 6.20. The van der Waals surface area contributed by atoms with Crippen LogP contribution in [0, 0.1) is 5.92 Å². The monoisotopic (exact) mass is 537 g/mol. The molecule has 3 N–H and O–H groups in total. The van der Waals surface area contributed by atoms with E-state index in [1.165, 1.54) is 37.0 Å². The lowest BCUT2D eigenvalue weighted by atomic mass is 10.0. The van der Waals surface area contributed by atoms with Crippen molar-refractivity contribution in [3.63, 3.8) is 0 Å². The van der Waals surface area contributed by atoms with E-state index in [0.29, 0.717) is 17.4 Å². The maximum Gasteiger partial charge on any atom is 0.161 e. The smallest absolute Gasteiger partial charge is 0.161 e. The SMILES string of the molecule is C=C(Nc1cncc(-c2ccc3[nH]nc(-c4nc5c(-c6ccc(Cl)s6)cccc5[nH]4)c3n2)c1)C1CCCC1. The number of pyridine rings is 2. The van der Waals surface area contributed by atoms with Crippen molar-refractivity contribution in [1.29, 1.82) is 0 Å². The van der Waals surface area contributed by atoms with Gasteiger partial charge in [-0.2, -0.15) is 5.10 Å². The van der Waals surface area contributed by atoms with Crippen LogP contribution in [0.25, 0.3) is 55.3 Å². The van der Waals surface area contributed by atoms with Crippen molar-refractivity contribution in [2.24, 2.45) is 5.92 Å². The van der Waals surface area contributed by atoms with Crippen molar-refractivity contribution in [1.82, 2.24) is 30.1 Å². The summed E-state index contributed by atoms with van der Waals surface area (Å²) < 4.78 is 0.749. The van der Waals surface area contributed by atoms with E-state index in [1.807, 2.05) is 48.8 Å². The number of anilines is 1. The lowest BCUT2D eigenvalue weighted by Gasteiger charge is -2.15. The lowest BCUT2D eigenvalue weighted by molar-refractivity contribution is 0.649. The van der Waals surface area contributed by atoms with Crippen LogP contribution in [-0.2, 0) is 0 Å². The molecule has 5 aromatic heterocycles. The molecule has 1 aromatic carbocycles. The van der Waals surface area contributed by atoms with Crippen molar-refractivity contribution in [2.45, 2.75) is 25.7 Å². The average molecular weight is 538 g/mol. The summed E-state index contributed by atoms with van der Waals surface area (Å²) in [5.41, 5.74) is 8.82. The van der Waals surface area contributed by atoms with Gasteiger partial charge in [-0.1, -0.05) is 43.2 Å². The van der Waals surface area contributed by atoms with Gasteiger partial charge in [0.25, 0.3) is 0 Å². The second kappa shape index (κ2) is 9.38. The number of halogens is 1. The van der Waals surface area contributed by atoms with E-state index in [9.17, 15) is 0 Å². The van der Waals surface area contributed by atoms with Gasteiger partial charge in [-0.15, -0.1) is 11.3 Å². The number of fused-ring (bicyclic) bond motifs is 2. The topological polar surface area (TPSA) is 95.2 Å². The number of nitrogens with zero attached hydrogens (tertiary/aromatic N) is 4. The predicted molar refractivity (Wildman–Crippen MR) is 155 cm³/mol. The molecular formula is C29H24ClN7S. The van der Waals surface area contributed by atoms with Gasteiger partial charge in [0, 0.05) is 27.9 Å². The van der Waals surface area contributed by atoms with Crippen LogP contribution in [0.3, 0.4) is 0 Å². The van der Waals surface area contributed by atoms with E-state index < -0.39 is 0 Å². The van der Waals surface area contributed by atoms with Gasteiger partial charge in [-0.25, -0.2) is 9.97 Å². The Labute approximate surface area is 228 Å². The summed E-state index contributed by atoms with van der Waals surface area (Å²) in [6.07, 6.45) is 8.61. The number of thiophene rings is 1. The minimum Gasteiger partial charge on any atom is -0.358 e. The molecule has 0 spiro atoms. The van der Waals surface area contributed by atoms with Crippen LogP contribution in [-0.4, -0.2) is 30.1 Å². The summed E-state index contributed by atoms with van der Waals surface area (Å²) in [6, 6.07) is 16.1. The molecule has 188 valence electrons. The minimum atomic E-state index is 0.530. The molecule has 7 rings (SSSR count). The number of hydrogen-bond donors (Lipinski definition) is 3. The number of allylic oxidation sites excluding steroid dienone is 1. The summed E-state index contributed by atoms with van der Waals surface area (Å²) in [5.74, 6) is 1.19. The summed E-state index contributed by atoms with van der Waals surface area (Å²) in [7, 11) is 0. The molecule has 1 aliphatic carbocycles. The zero-order chi connectivity index (χ0) is 25.6. The van der Waals surface area contributed by atoms with Gasteiger partial charge in [0.05, 0.1) is 38.5 Å². The number of benzene rings is 1. The van der Waals surface area contributed by atoms with Crippen molar-refractivity contribution >= 4 is 50.7 Å². The van der Waals surface area contributed by atoms with Gasteiger partial charge in [0.15, 0.2) is 11.5 Å². The van der Waals surface area contributed by atoms with E-state index in [4.69, 9.17) is 21.6 Å². The Balaban J connectivity index is 1.24. The highest BCUT2D eigenvalue weighted by atomic mass is 35.5. The zero-order valence-electron chi connectivity index (χ0n) is 20.5. The molecule has 5 heterocycles. The molecule has 6 aromatic rings. The Morgan fingerprint density at radius 2 is 1.89 bits per heavy atom. The highest BCUT2D eigenvalue weighted by molar-refractivity contribution is 7.19. The summed E-state index contributed by atoms with van der Waals surface area (Å²) in [5, 5.41) is 11.1. The first-order chi connectivity index (χ1) is 18.6. The van der Waals surface area contributed by atoms with E-state index in [0.717, 1.165) is 59.5 Å². The molecule has 0 unspecified atom stereocenters. The van der Waals surface area contributed by atoms with Crippen molar-refractivity contribution in [2.75, 3.05) is 5.32 Å². The van der Waals surface area contributed by atoms with Crippen molar-refractivity contribution in [3.05, 3.63) is 77.5 Å². The Bertz CT molecular complexity index is 1810. The quantitative estimate of drug-likeness (QED) is 0.200. The van der Waals surface area contributed by atoms with Gasteiger partial charge in [0.2, 0.25) is 0 Å². The Morgan fingerprint density at radius 1 is 1.00 bits per heavy atom. The number of aromatic nitrogens is 6. The second-order valence-corrected chi connectivity index (χ2v) is 11.4. The molecule has 0 atom stereocenters. The number of H-pyrrole nitrogens is 2. The first kappa shape index (κ1) is 23.1. The summed E-state index contributed by atoms with van der Waals surface area (Å²) in [6.45, 7) is 4.27. The number of para-hydroxylation sites is 1. The van der Waals surface area contributed by atoms with E-state index in [2.05, 4.69) is 44.2 Å². The molecule has 0 bridgehead atoms. The van der Waals surface area contributed by atoms with Crippen LogP contribution in [0.5, 0.6) is 0 Å². The molecule has 38 heavy (non-hydrogen) atoms. The van der Waals surface area contributed by atoms with E-state index in [-0.39, 0.29) is 0 Å². The normalized spacial score (nSPS) is 14.0. The molecule has 0 aliphatic heterocycles. The predicted octanol–water partition coefficient (Wildman–Crippen LogP) is 8.06. The first-order valence-electron chi connectivity index (χ1n) is 12.6. The first-order valence-corrected chi connectivity index (χ1v) is 13.8. The molecule has 1 aliphatic rings. The van der Waals surface area contributed by atoms with Gasteiger partial charge in [-0.05, 0) is 55.2 Å². The molecule has 0 radical (unpaired) electrons. The van der Waals surface area contributed by atoms with E-state index in [1.54, 1.807) is 0 Å². The Hall–Kier alpha value is -4.01. The largest absolute Gasteiger partial charge is 0.358 e. The molecule has 0 amide bonds. The van der Waals surface area contributed by atoms with E-state index >= 15 is 0 Å². The Morgan fingerprint density at radius 3 is 2.74 bits per heavy atom. The lowest BCUT2D eigenvalue weighted by Crippen LogP contribution is -2.07.